The number of carbonyl (C=O) groups is 2. The second-order valence-corrected chi connectivity index (χ2v) is 5.69. The molecule has 1 aliphatic rings. The van der Waals surface area contributed by atoms with Crippen LogP contribution >= 0.6 is 0 Å². The molecule has 0 radical (unpaired) electrons. The van der Waals surface area contributed by atoms with Gasteiger partial charge in [-0.05, 0) is 53.8 Å². The molecule has 0 aromatic heterocycles. The Morgan fingerprint density at radius 1 is 1.24 bits per heavy atom. The molecule has 0 bridgehead atoms. The molecule has 0 amide bonds. The highest BCUT2D eigenvalue weighted by Crippen LogP contribution is 2.34. The van der Waals surface area contributed by atoms with Crippen molar-refractivity contribution >= 4 is 11.9 Å². The van der Waals surface area contributed by atoms with Gasteiger partial charge < -0.3 is 14.7 Å². The number of hydrogen-bond donors (Lipinski definition) is 1. The summed E-state index contributed by atoms with van der Waals surface area (Å²) >= 11 is 0. The minimum atomic E-state index is -1.36. The number of ether oxygens (including phenoxy) is 1. The number of hydrogen-bond acceptors (Lipinski definition) is 4. The average molecular weight is 243 g/mol. The van der Waals surface area contributed by atoms with Crippen LogP contribution in [0.25, 0.3) is 0 Å². The smallest absolute Gasteiger partial charge is 0.324 e. The third-order valence-corrected chi connectivity index (χ3v) is 3.04. The number of carboxylic acids is 1. The Morgan fingerprint density at radius 2 is 1.71 bits per heavy atom. The molecular formula is C12H21NO4. The van der Waals surface area contributed by atoms with Crippen LogP contribution in [-0.2, 0) is 14.3 Å². The van der Waals surface area contributed by atoms with Gasteiger partial charge in [-0.15, -0.1) is 0 Å². The van der Waals surface area contributed by atoms with Crippen molar-refractivity contribution in [2.24, 2.45) is 5.41 Å². The molecule has 0 aromatic rings. The van der Waals surface area contributed by atoms with Gasteiger partial charge in [0.25, 0.3) is 0 Å². The number of likely N-dealkylation sites (tertiary alicyclic amines) is 1. The van der Waals surface area contributed by atoms with Crippen LogP contribution in [0.3, 0.4) is 0 Å². The second-order valence-electron chi connectivity index (χ2n) is 5.69. The maximum absolute atomic E-state index is 12.1. The van der Waals surface area contributed by atoms with Crippen LogP contribution in [-0.4, -0.2) is 47.7 Å². The zero-order chi connectivity index (χ0) is 13.3. The summed E-state index contributed by atoms with van der Waals surface area (Å²) in [6.07, 6.45) is 0.626. The number of rotatable bonds is 2. The molecule has 0 atom stereocenters. The van der Waals surface area contributed by atoms with E-state index in [0.717, 1.165) is 0 Å². The predicted octanol–water partition coefficient (Wildman–Crippen LogP) is 1.12. The maximum Gasteiger partial charge on any atom is 0.324 e. The largest absolute Gasteiger partial charge is 0.480 e. The van der Waals surface area contributed by atoms with Crippen LogP contribution in [0.5, 0.6) is 0 Å². The summed E-state index contributed by atoms with van der Waals surface area (Å²) in [5.41, 5.74) is -2.01. The Labute approximate surface area is 102 Å². The van der Waals surface area contributed by atoms with Gasteiger partial charge in [-0.2, -0.15) is 0 Å². The third-order valence-electron chi connectivity index (χ3n) is 3.04. The van der Waals surface area contributed by atoms with Crippen molar-refractivity contribution in [3.8, 4) is 0 Å². The summed E-state index contributed by atoms with van der Waals surface area (Å²) in [6.45, 7) is 6.44. The van der Waals surface area contributed by atoms with Crippen molar-refractivity contribution in [2.75, 3.05) is 20.1 Å². The fourth-order valence-electron chi connectivity index (χ4n) is 1.88. The molecule has 1 rings (SSSR count). The van der Waals surface area contributed by atoms with E-state index in [-0.39, 0.29) is 0 Å². The third kappa shape index (κ3) is 3.19. The molecule has 0 spiro atoms. The standard InChI is InChI=1S/C12H21NO4/c1-11(2,3)17-10(16)12(9(14)15)5-7-13(4)8-6-12/h5-8H2,1-4H3,(H,14,15). The van der Waals surface area contributed by atoms with Gasteiger partial charge in [0.1, 0.15) is 5.60 Å². The van der Waals surface area contributed by atoms with E-state index in [9.17, 15) is 14.7 Å². The van der Waals surface area contributed by atoms with E-state index >= 15 is 0 Å². The van der Waals surface area contributed by atoms with E-state index in [1.807, 2.05) is 11.9 Å². The Hall–Kier alpha value is -1.10. The molecular weight excluding hydrogens is 222 g/mol. The van der Waals surface area contributed by atoms with E-state index in [2.05, 4.69) is 0 Å². The van der Waals surface area contributed by atoms with Gasteiger partial charge in [0, 0.05) is 0 Å². The highest BCUT2D eigenvalue weighted by Gasteiger charge is 2.50. The van der Waals surface area contributed by atoms with Crippen molar-refractivity contribution in [3.05, 3.63) is 0 Å². The van der Waals surface area contributed by atoms with Crippen LogP contribution < -0.4 is 0 Å². The molecule has 1 N–H and O–H groups in total. The monoisotopic (exact) mass is 243 g/mol. The minimum Gasteiger partial charge on any atom is -0.480 e. The lowest BCUT2D eigenvalue weighted by Crippen LogP contribution is -2.50. The number of carboxylic acid groups (broad SMARTS) is 1. The SMILES string of the molecule is CN1CCC(C(=O)O)(C(=O)OC(C)(C)C)CC1. The van der Waals surface area contributed by atoms with Gasteiger partial charge in [-0.1, -0.05) is 0 Å². The topological polar surface area (TPSA) is 66.8 Å². The lowest BCUT2D eigenvalue weighted by atomic mass is 9.78. The van der Waals surface area contributed by atoms with Crippen LogP contribution in [0.15, 0.2) is 0 Å². The van der Waals surface area contributed by atoms with Crippen molar-refractivity contribution in [1.82, 2.24) is 4.90 Å². The number of esters is 1. The van der Waals surface area contributed by atoms with E-state index in [1.54, 1.807) is 20.8 Å². The summed E-state index contributed by atoms with van der Waals surface area (Å²) in [7, 11) is 1.92. The fourth-order valence-corrected chi connectivity index (χ4v) is 1.88. The highest BCUT2D eigenvalue weighted by molar-refractivity contribution is 5.99. The van der Waals surface area contributed by atoms with Gasteiger partial charge in [0.05, 0.1) is 0 Å². The first-order valence-electron chi connectivity index (χ1n) is 5.83. The molecule has 5 heteroatoms. The van der Waals surface area contributed by atoms with Crippen LogP contribution in [0.1, 0.15) is 33.6 Å². The lowest BCUT2D eigenvalue weighted by molar-refractivity contribution is -0.180. The van der Waals surface area contributed by atoms with Gasteiger partial charge >= 0.3 is 11.9 Å². The Balaban J connectivity index is 2.86. The van der Waals surface area contributed by atoms with Gasteiger partial charge in [-0.3, -0.25) is 9.59 Å². The first-order valence-corrected chi connectivity index (χ1v) is 5.83. The van der Waals surface area contributed by atoms with Crippen molar-refractivity contribution in [2.45, 2.75) is 39.2 Å². The number of nitrogens with zero attached hydrogens (tertiary/aromatic N) is 1. The van der Waals surface area contributed by atoms with E-state index in [0.29, 0.717) is 25.9 Å². The zero-order valence-corrected chi connectivity index (χ0v) is 10.9. The molecule has 1 saturated heterocycles. The van der Waals surface area contributed by atoms with Crippen LogP contribution in [0.4, 0.5) is 0 Å². The molecule has 0 aliphatic carbocycles. The van der Waals surface area contributed by atoms with Crippen LogP contribution in [0, 0.1) is 5.41 Å². The molecule has 1 heterocycles. The molecule has 5 nitrogen and oxygen atoms in total. The summed E-state index contributed by atoms with van der Waals surface area (Å²) < 4.78 is 5.24. The van der Waals surface area contributed by atoms with Crippen molar-refractivity contribution < 1.29 is 19.4 Å². The van der Waals surface area contributed by atoms with Gasteiger partial charge in [0.2, 0.25) is 0 Å². The number of carbonyl (C=O) groups excluding carboxylic acids is 1. The predicted molar refractivity (Wildman–Crippen MR) is 62.6 cm³/mol. The number of piperidine rings is 1. The maximum atomic E-state index is 12.1. The van der Waals surface area contributed by atoms with Crippen LogP contribution in [0.2, 0.25) is 0 Å². The summed E-state index contributed by atoms with van der Waals surface area (Å²) in [4.78, 5) is 25.5. The fraction of sp³-hybridized carbons (Fsp3) is 0.833. The minimum absolute atomic E-state index is 0.313. The molecule has 1 fully saturated rings. The zero-order valence-electron chi connectivity index (χ0n) is 10.9. The molecule has 0 saturated carbocycles. The molecule has 0 unspecified atom stereocenters. The molecule has 17 heavy (non-hydrogen) atoms. The van der Waals surface area contributed by atoms with Gasteiger partial charge in [0.15, 0.2) is 5.41 Å². The molecule has 98 valence electrons. The van der Waals surface area contributed by atoms with E-state index in [1.165, 1.54) is 0 Å². The van der Waals surface area contributed by atoms with E-state index < -0.39 is 23.0 Å². The van der Waals surface area contributed by atoms with Gasteiger partial charge in [-0.25, -0.2) is 0 Å². The van der Waals surface area contributed by atoms with Crippen molar-refractivity contribution in [1.29, 1.82) is 0 Å². The Bertz CT molecular complexity index is 311. The normalized spacial score (nSPS) is 20.9. The first-order chi connectivity index (χ1) is 7.67. The molecule has 1 aliphatic heterocycles. The summed E-state index contributed by atoms with van der Waals surface area (Å²) in [5, 5.41) is 9.32. The van der Waals surface area contributed by atoms with E-state index in [4.69, 9.17) is 4.74 Å². The summed E-state index contributed by atoms with van der Waals surface area (Å²) in [6, 6.07) is 0. The average Bonchev–Trinajstić information content (AvgIpc) is 2.15. The van der Waals surface area contributed by atoms with Crippen molar-refractivity contribution in [3.63, 3.8) is 0 Å². The lowest BCUT2D eigenvalue weighted by Gasteiger charge is -2.36. The molecule has 0 aromatic carbocycles. The Morgan fingerprint density at radius 3 is 2.06 bits per heavy atom. The highest BCUT2D eigenvalue weighted by atomic mass is 16.6. The first kappa shape index (κ1) is 14.0. The quantitative estimate of drug-likeness (QED) is 0.581. The number of aliphatic carboxylic acids is 1. The summed E-state index contributed by atoms with van der Waals surface area (Å²) in [5.74, 6) is -1.68. The Kier molecular flexibility index (Phi) is 3.81. The second kappa shape index (κ2) is 4.64.